The molecular formula is C22H18F5N5O3. The molecule has 4 heterocycles. The minimum absolute atomic E-state index is 0.000250. The molecule has 2 aliphatic rings. The molecule has 0 amide bonds. The number of halogens is 5. The van der Waals surface area contributed by atoms with Crippen molar-refractivity contribution in [1.29, 1.82) is 0 Å². The van der Waals surface area contributed by atoms with E-state index in [0.717, 1.165) is 30.8 Å². The van der Waals surface area contributed by atoms with Crippen molar-refractivity contribution in [2.45, 2.75) is 37.8 Å². The lowest BCUT2D eigenvalue weighted by Crippen LogP contribution is -2.28. The molecule has 2 atom stereocenters. The van der Waals surface area contributed by atoms with Gasteiger partial charge in [0, 0.05) is 37.5 Å². The van der Waals surface area contributed by atoms with Crippen LogP contribution in [0.2, 0.25) is 0 Å². The normalized spacial score (nSPS) is 19.0. The number of hydrogen-bond donors (Lipinski definition) is 1. The van der Waals surface area contributed by atoms with E-state index in [0.29, 0.717) is 25.0 Å². The van der Waals surface area contributed by atoms with Gasteiger partial charge in [0.05, 0.1) is 6.04 Å². The molecule has 2 aromatic heterocycles. The fourth-order valence-electron chi connectivity index (χ4n) is 4.27. The third-order valence-corrected chi connectivity index (χ3v) is 5.79. The average Bonchev–Trinajstić information content (AvgIpc) is 3.31. The first-order chi connectivity index (χ1) is 16.6. The number of nitrogens with zero attached hydrogens (tertiary/aromatic N) is 4. The highest BCUT2D eigenvalue weighted by Crippen LogP contribution is 2.34. The first-order valence-electron chi connectivity index (χ1n) is 10.5. The van der Waals surface area contributed by atoms with E-state index in [1.807, 2.05) is 4.90 Å². The first-order valence-corrected chi connectivity index (χ1v) is 10.5. The Kier molecular flexibility index (Phi) is 5.58. The van der Waals surface area contributed by atoms with Gasteiger partial charge in [0.15, 0.2) is 17.4 Å². The lowest BCUT2D eigenvalue weighted by atomic mass is 10.2. The van der Waals surface area contributed by atoms with E-state index in [9.17, 15) is 26.7 Å². The number of anilines is 1. The molecule has 35 heavy (non-hydrogen) atoms. The summed E-state index contributed by atoms with van der Waals surface area (Å²) in [4.78, 5) is 21.4. The van der Waals surface area contributed by atoms with Crippen molar-refractivity contribution in [2.24, 2.45) is 5.73 Å². The predicted octanol–water partition coefficient (Wildman–Crippen LogP) is 3.23. The second kappa shape index (κ2) is 8.48. The van der Waals surface area contributed by atoms with Gasteiger partial charge in [0.25, 0.3) is 0 Å². The van der Waals surface area contributed by atoms with Crippen LogP contribution in [0.3, 0.4) is 0 Å². The van der Waals surface area contributed by atoms with Gasteiger partial charge in [-0.2, -0.15) is 18.2 Å². The minimum Gasteiger partial charge on any atom is -0.473 e. The second-order valence-electron chi connectivity index (χ2n) is 8.30. The maximum Gasteiger partial charge on any atom is 0.433 e. The van der Waals surface area contributed by atoms with Crippen molar-refractivity contribution in [2.75, 3.05) is 11.4 Å². The summed E-state index contributed by atoms with van der Waals surface area (Å²) in [5.41, 5.74) is 4.29. The van der Waals surface area contributed by atoms with E-state index >= 15 is 0 Å². The zero-order valence-corrected chi connectivity index (χ0v) is 17.9. The van der Waals surface area contributed by atoms with Crippen molar-refractivity contribution in [3.05, 3.63) is 69.9 Å². The smallest absolute Gasteiger partial charge is 0.433 e. The largest absolute Gasteiger partial charge is 0.473 e. The lowest BCUT2D eigenvalue weighted by Gasteiger charge is -2.17. The first kappa shape index (κ1) is 23.0. The molecule has 2 aliphatic heterocycles. The summed E-state index contributed by atoms with van der Waals surface area (Å²) in [5.74, 6) is -3.00. The Labute approximate surface area is 194 Å². The fraction of sp³-hybridized carbons (Fsp3) is 0.318. The molecule has 2 N–H and O–H groups in total. The number of nitrogens with two attached hydrogens (primary N) is 1. The van der Waals surface area contributed by atoms with Crippen LogP contribution in [-0.2, 0) is 19.3 Å². The number of aromatic nitrogens is 3. The number of pyridine rings is 1. The zero-order valence-electron chi connectivity index (χ0n) is 17.9. The van der Waals surface area contributed by atoms with Crippen LogP contribution < -0.4 is 25.8 Å². The summed E-state index contributed by atoms with van der Waals surface area (Å²) in [6, 6.07) is 5.09. The summed E-state index contributed by atoms with van der Waals surface area (Å²) >= 11 is 0. The molecule has 13 heteroatoms. The van der Waals surface area contributed by atoms with Crippen LogP contribution in [-0.4, -0.2) is 33.2 Å². The Morgan fingerprint density at radius 1 is 1.11 bits per heavy atom. The average molecular weight is 495 g/mol. The Morgan fingerprint density at radius 3 is 2.57 bits per heavy atom. The molecule has 8 nitrogen and oxygen atoms in total. The van der Waals surface area contributed by atoms with Crippen LogP contribution in [0.15, 0.2) is 41.3 Å². The standard InChI is InChI=1S/C22H18F5N5O3/c23-15-3-11(4-16(24)20(15)35-14-1-2-29-17(6-14)22(25,26)27)10-34-18-7-19-31-8-12(28)5-13(31)9-32(19)21(33)30-18/h1-4,6-7,12-13H,5,8-10,28H2/t12?,13-/m0/s1. The number of rotatable bonds is 5. The summed E-state index contributed by atoms with van der Waals surface area (Å²) in [7, 11) is 0. The predicted molar refractivity (Wildman–Crippen MR) is 112 cm³/mol. The van der Waals surface area contributed by atoms with Crippen LogP contribution in [0, 0.1) is 11.6 Å². The molecule has 5 rings (SSSR count). The Morgan fingerprint density at radius 2 is 1.86 bits per heavy atom. The number of alkyl halides is 3. The van der Waals surface area contributed by atoms with Crippen molar-refractivity contribution in [3.8, 4) is 17.4 Å². The highest BCUT2D eigenvalue weighted by atomic mass is 19.4. The second-order valence-corrected chi connectivity index (χ2v) is 8.30. The van der Waals surface area contributed by atoms with Crippen molar-refractivity contribution in [3.63, 3.8) is 0 Å². The summed E-state index contributed by atoms with van der Waals surface area (Å²) in [5, 5.41) is 0. The quantitative estimate of drug-likeness (QED) is 0.543. The van der Waals surface area contributed by atoms with Gasteiger partial charge in [-0.3, -0.25) is 9.55 Å². The van der Waals surface area contributed by atoms with Crippen molar-refractivity contribution < 1.29 is 31.4 Å². The molecule has 1 saturated heterocycles. The third kappa shape index (κ3) is 4.50. The van der Waals surface area contributed by atoms with Crippen LogP contribution in [0.5, 0.6) is 17.4 Å². The topological polar surface area (TPSA) is 95.5 Å². The zero-order chi connectivity index (χ0) is 24.9. The summed E-state index contributed by atoms with van der Waals surface area (Å²) in [6.45, 7) is 0.753. The third-order valence-electron chi connectivity index (χ3n) is 5.79. The van der Waals surface area contributed by atoms with Crippen LogP contribution in [0.25, 0.3) is 0 Å². The molecule has 1 aromatic carbocycles. The van der Waals surface area contributed by atoms with Gasteiger partial charge in [0.1, 0.15) is 23.9 Å². The van der Waals surface area contributed by atoms with Gasteiger partial charge in [0.2, 0.25) is 5.88 Å². The van der Waals surface area contributed by atoms with E-state index in [1.54, 1.807) is 6.07 Å². The molecule has 1 unspecified atom stereocenters. The van der Waals surface area contributed by atoms with Gasteiger partial charge in [-0.15, -0.1) is 0 Å². The maximum absolute atomic E-state index is 14.5. The lowest BCUT2D eigenvalue weighted by molar-refractivity contribution is -0.141. The Hall–Kier alpha value is -3.74. The summed E-state index contributed by atoms with van der Waals surface area (Å²) < 4.78 is 79.5. The fourth-order valence-corrected chi connectivity index (χ4v) is 4.27. The molecule has 184 valence electrons. The SMILES string of the molecule is NC1C[C@H]2Cn3c(cc(OCc4cc(F)c(Oc5ccnc(C(F)(F)F)c5)c(F)c4)nc3=O)N2C1. The van der Waals surface area contributed by atoms with E-state index in [4.69, 9.17) is 15.2 Å². The molecule has 1 fully saturated rings. The van der Waals surface area contributed by atoms with Crippen LogP contribution >= 0.6 is 0 Å². The van der Waals surface area contributed by atoms with Crippen molar-refractivity contribution in [1.82, 2.24) is 14.5 Å². The van der Waals surface area contributed by atoms with Crippen molar-refractivity contribution >= 4 is 5.82 Å². The van der Waals surface area contributed by atoms with Gasteiger partial charge in [-0.1, -0.05) is 0 Å². The minimum atomic E-state index is -4.74. The molecule has 0 bridgehead atoms. The Balaban J connectivity index is 1.32. The summed E-state index contributed by atoms with van der Waals surface area (Å²) in [6.07, 6.45) is -3.17. The highest BCUT2D eigenvalue weighted by Gasteiger charge is 2.38. The van der Waals surface area contributed by atoms with Gasteiger partial charge >= 0.3 is 11.9 Å². The Bertz CT molecular complexity index is 1320. The van der Waals surface area contributed by atoms with Crippen LogP contribution in [0.1, 0.15) is 17.7 Å². The van der Waals surface area contributed by atoms with E-state index in [-0.39, 0.29) is 30.1 Å². The van der Waals surface area contributed by atoms with Gasteiger partial charge < -0.3 is 20.1 Å². The van der Waals surface area contributed by atoms with Gasteiger partial charge in [-0.05, 0) is 30.2 Å². The number of ether oxygens (including phenoxy) is 2. The monoisotopic (exact) mass is 495 g/mol. The number of benzene rings is 1. The van der Waals surface area contributed by atoms with Gasteiger partial charge in [-0.25, -0.2) is 13.6 Å². The van der Waals surface area contributed by atoms with E-state index < -0.39 is 40.7 Å². The number of fused-ring (bicyclic) bond motifs is 3. The highest BCUT2D eigenvalue weighted by molar-refractivity contribution is 5.49. The maximum atomic E-state index is 14.5. The molecule has 0 spiro atoms. The van der Waals surface area contributed by atoms with Crippen LogP contribution in [0.4, 0.5) is 27.8 Å². The number of hydrogen-bond acceptors (Lipinski definition) is 7. The van der Waals surface area contributed by atoms with E-state index in [1.165, 1.54) is 4.57 Å². The molecular weight excluding hydrogens is 477 g/mol. The molecule has 0 saturated carbocycles. The van der Waals surface area contributed by atoms with E-state index in [2.05, 4.69) is 9.97 Å². The molecule has 0 aliphatic carbocycles. The molecule has 0 radical (unpaired) electrons. The molecule has 3 aromatic rings.